The van der Waals surface area contributed by atoms with Crippen molar-refractivity contribution in [3.63, 3.8) is 0 Å². The predicted molar refractivity (Wildman–Crippen MR) is 431 cm³/mol. The number of hydrogen-bond donors (Lipinski definition) is 5. The Labute approximate surface area is 656 Å². The van der Waals surface area contributed by atoms with Crippen LogP contribution >= 0.6 is 58.0 Å². The molecule has 3 amide bonds. The second-order valence-corrected chi connectivity index (χ2v) is 32.0. The van der Waals surface area contributed by atoms with Crippen LogP contribution < -0.4 is 27.0 Å². The molecule has 0 spiro atoms. The van der Waals surface area contributed by atoms with Gasteiger partial charge in [0, 0.05) is 128 Å². The monoisotopic (exact) mass is 1560 g/mol. The summed E-state index contributed by atoms with van der Waals surface area (Å²) in [5.41, 5.74) is 8.30. The van der Waals surface area contributed by atoms with Gasteiger partial charge in [-0.25, -0.2) is 49.3 Å². The van der Waals surface area contributed by atoms with Crippen LogP contribution in [0.1, 0.15) is 153 Å². The normalized spacial score (nSPS) is 18.3. The number of hydrogen-bond acceptors (Lipinski definition) is 19. The summed E-state index contributed by atoms with van der Waals surface area (Å²) < 4.78 is 16.3. The molecule has 22 nitrogen and oxygen atoms in total. The maximum atomic E-state index is 12.4. The van der Waals surface area contributed by atoms with Gasteiger partial charge in [0.15, 0.2) is 0 Å². The summed E-state index contributed by atoms with van der Waals surface area (Å²) in [4.78, 5) is 75.3. The third-order valence-corrected chi connectivity index (χ3v) is 18.6. The van der Waals surface area contributed by atoms with E-state index in [-0.39, 0.29) is 41.9 Å². The average molecular weight is 1560 g/mol. The van der Waals surface area contributed by atoms with Crippen LogP contribution in [0, 0.1) is 0 Å². The van der Waals surface area contributed by atoms with Crippen LogP contribution in [0.15, 0.2) is 151 Å². The minimum absolute atomic E-state index is 0.0983. The molecule has 6 N–H and O–H groups in total. The van der Waals surface area contributed by atoms with Crippen LogP contribution in [0.4, 0.5) is 31.8 Å². The van der Waals surface area contributed by atoms with Gasteiger partial charge in [0.25, 0.3) is 0 Å². The molecule has 3 aromatic heterocycles. The van der Waals surface area contributed by atoms with Gasteiger partial charge in [0.1, 0.15) is 63.1 Å². The van der Waals surface area contributed by atoms with Crippen LogP contribution in [0.3, 0.4) is 0 Å². The molecule has 1 unspecified atom stereocenters. The van der Waals surface area contributed by atoms with E-state index in [1.165, 1.54) is 19.4 Å². The first-order valence-corrected chi connectivity index (χ1v) is 38.6. The second kappa shape index (κ2) is 41.5. The Morgan fingerprint density at radius 3 is 1.13 bits per heavy atom. The van der Waals surface area contributed by atoms with Crippen molar-refractivity contribution >= 4 is 99.6 Å². The molecule has 8 heterocycles. The number of benzene rings is 4. The number of aromatic nitrogens is 6. The van der Waals surface area contributed by atoms with E-state index in [0.29, 0.717) is 61.4 Å². The van der Waals surface area contributed by atoms with E-state index >= 15 is 0 Å². The Balaban J connectivity index is 0.000000173. The molecule has 4 fully saturated rings. The second-order valence-electron chi connectivity index (χ2n) is 29.8. The molecule has 12 rings (SSSR count). The first-order chi connectivity index (χ1) is 51.0. The van der Waals surface area contributed by atoms with E-state index in [9.17, 15) is 14.4 Å². The highest BCUT2D eigenvalue weighted by atomic mass is 35.5. The van der Waals surface area contributed by atoms with E-state index in [1.807, 2.05) is 200 Å². The molecule has 0 saturated carbocycles. The molecule has 7 aromatic rings. The average Bonchev–Trinajstić information content (AvgIpc) is 1.78. The molecule has 4 saturated heterocycles. The molecule has 27 heteroatoms. The van der Waals surface area contributed by atoms with Crippen LogP contribution in [0.2, 0.25) is 20.1 Å². The number of amides is 3. The van der Waals surface area contributed by atoms with Gasteiger partial charge < -0.3 is 60.8 Å². The van der Waals surface area contributed by atoms with Gasteiger partial charge in [-0.3, -0.25) is 0 Å². The number of carbonyl (C=O) groups excluding carboxylic acids is 3. The fourth-order valence-electron chi connectivity index (χ4n) is 12.4. The van der Waals surface area contributed by atoms with E-state index < -0.39 is 16.8 Å². The first kappa shape index (κ1) is 84.5. The van der Waals surface area contributed by atoms with Crippen molar-refractivity contribution in [1.82, 2.24) is 54.8 Å². The summed E-state index contributed by atoms with van der Waals surface area (Å²) in [5, 5.41) is 16.1. The number of nitrogens with zero attached hydrogens (tertiary/aromatic N) is 11. The standard InChI is InChI=1S/2C21H27ClN4O2.C17H21ClN4.C11H10Cl2N2.C10H20N2O2/c2*1-21(2,3)28-20(27)26-11-5-8-17(26)14-24-18-9-10-23-19(25-18)13-15-6-4-7-16(22)12-15;1-22-9-3-6-15(22)12-20-16-7-8-19-17(21-16)11-13-4-2-5-14(18)10-13;12-9-3-1-2-8(6-9)7-11-14-5-4-10(13)15-11;1-10(2,3)14-9(13)12-6-4-5-8(12)7-11/h2*4,6-7,9-10,12,17H,5,8,11,13-14H2,1-3H3,(H,23,24,25);2,4-5,7-8,10,15H,3,6,9,11-12H2,1H3,(H,19,20,21);1-6,10H,7H2,(H,14,15);8H,4-7,11H2,1-3H3/t2*17-;15-;;8-/m000.0/s1. The summed E-state index contributed by atoms with van der Waals surface area (Å²) in [6.07, 6.45) is 19.2. The van der Waals surface area contributed by atoms with Crippen molar-refractivity contribution < 1.29 is 28.6 Å². The molecular weight excluding hydrogens is 1460 g/mol. The van der Waals surface area contributed by atoms with Crippen LogP contribution in [-0.2, 0) is 39.9 Å². The van der Waals surface area contributed by atoms with Crippen molar-refractivity contribution in [3.05, 3.63) is 206 Å². The zero-order valence-electron chi connectivity index (χ0n) is 63.2. The van der Waals surface area contributed by atoms with Crippen LogP contribution in [-0.4, -0.2) is 179 Å². The highest BCUT2D eigenvalue weighted by Gasteiger charge is 2.35. The summed E-state index contributed by atoms with van der Waals surface area (Å²) in [6.45, 7) is 23.1. The molecule has 107 heavy (non-hydrogen) atoms. The molecule has 5 atom stereocenters. The minimum atomic E-state index is -0.487. The zero-order valence-corrected chi connectivity index (χ0v) is 67.0. The summed E-state index contributed by atoms with van der Waals surface area (Å²) in [5.74, 6) is 5.52. The number of aliphatic imine (C=N–C) groups is 1. The zero-order chi connectivity index (χ0) is 77.1. The summed E-state index contributed by atoms with van der Waals surface area (Å²) in [6, 6.07) is 37.5. The lowest BCUT2D eigenvalue weighted by molar-refractivity contribution is 0.0222. The van der Waals surface area contributed by atoms with Crippen molar-refractivity contribution in [2.75, 3.05) is 75.4 Å². The maximum absolute atomic E-state index is 12.4. The van der Waals surface area contributed by atoms with Gasteiger partial charge in [-0.15, -0.1) is 0 Å². The van der Waals surface area contributed by atoms with Gasteiger partial charge in [0.2, 0.25) is 0 Å². The Kier molecular flexibility index (Phi) is 32.8. The van der Waals surface area contributed by atoms with E-state index in [0.717, 1.165) is 138 Å². The summed E-state index contributed by atoms with van der Waals surface area (Å²) >= 11 is 29.9. The Morgan fingerprint density at radius 2 is 0.804 bits per heavy atom. The lowest BCUT2D eigenvalue weighted by atomic mass is 10.1. The molecule has 5 aliphatic heterocycles. The van der Waals surface area contributed by atoms with Crippen molar-refractivity contribution in [2.24, 2.45) is 10.7 Å². The van der Waals surface area contributed by atoms with Crippen LogP contribution in [0.25, 0.3) is 0 Å². The largest absolute Gasteiger partial charge is 0.444 e. The number of alkyl halides is 1. The third-order valence-electron chi connectivity index (χ3n) is 17.4. The number of anilines is 3. The Hall–Kier alpha value is -8.09. The number of amidine groups is 1. The van der Waals surface area contributed by atoms with E-state index in [4.69, 9.17) is 77.9 Å². The number of nitrogens with two attached hydrogens (primary N) is 1. The van der Waals surface area contributed by atoms with Gasteiger partial charge in [-0.05, 0) is 222 Å². The maximum Gasteiger partial charge on any atom is 0.410 e. The van der Waals surface area contributed by atoms with Gasteiger partial charge >= 0.3 is 18.3 Å². The SMILES string of the molecule is CC(C)(C)OC(=O)N1CCC[C@H]1CN.CC(C)(C)OC(=O)N1CCC[C@H]1CNc1ccnc(Cc2cccc(Cl)c2)n1.CC(C)(C)OC(=O)N1CCC[C@H]1CNc1ccnc(Cc2cccc(Cl)c2)n1.CN1CCC[C@H]1CNc1ccnc(Cc2cccc(Cl)c2)n1.Clc1cccc(CC2=NC(Cl)C=CN2)c1. The molecular formula is C80H105Cl5N16O6. The summed E-state index contributed by atoms with van der Waals surface area (Å²) in [7, 11) is 2.18. The quantitative estimate of drug-likeness (QED) is 0.0304. The minimum Gasteiger partial charge on any atom is -0.444 e. The lowest BCUT2D eigenvalue weighted by Gasteiger charge is -2.28. The highest BCUT2D eigenvalue weighted by molar-refractivity contribution is 6.31. The van der Waals surface area contributed by atoms with E-state index in [1.54, 1.807) is 23.4 Å². The van der Waals surface area contributed by atoms with Gasteiger partial charge in [0.05, 0.1) is 12.1 Å². The molecule has 5 aliphatic rings. The molecule has 576 valence electrons. The number of likely N-dealkylation sites (N-methyl/N-ethyl adjacent to an activating group) is 1. The predicted octanol–water partition coefficient (Wildman–Crippen LogP) is 16.6. The van der Waals surface area contributed by atoms with Gasteiger partial charge in [-0.2, -0.15) is 0 Å². The van der Waals surface area contributed by atoms with Crippen molar-refractivity contribution in [3.8, 4) is 0 Å². The number of rotatable bonds is 18. The number of halogens is 5. The molecule has 0 bridgehead atoms. The third kappa shape index (κ3) is 30.5. The lowest BCUT2D eigenvalue weighted by Crippen LogP contribution is -2.42. The van der Waals surface area contributed by atoms with Gasteiger partial charge in [-0.1, -0.05) is 107 Å². The first-order valence-electron chi connectivity index (χ1n) is 36.7. The molecule has 0 aliphatic carbocycles. The van der Waals surface area contributed by atoms with E-state index in [2.05, 4.69) is 68.1 Å². The fourth-order valence-corrected chi connectivity index (χ4v) is 13.4. The molecule has 4 aromatic carbocycles. The number of nitrogens with one attached hydrogen (secondary N) is 4. The number of likely N-dealkylation sites (tertiary alicyclic amines) is 4. The number of carbonyl (C=O) groups is 3. The molecule has 0 radical (unpaired) electrons. The van der Waals surface area contributed by atoms with Crippen molar-refractivity contribution in [1.29, 1.82) is 0 Å². The van der Waals surface area contributed by atoms with Crippen molar-refractivity contribution in [2.45, 2.75) is 186 Å². The smallest absolute Gasteiger partial charge is 0.410 e. The topological polar surface area (TPSA) is 256 Å². The van der Waals surface area contributed by atoms with Crippen LogP contribution in [0.5, 0.6) is 0 Å². The highest BCUT2D eigenvalue weighted by Crippen LogP contribution is 2.26. The Bertz CT molecular complexity index is 3910. The fraction of sp³-hybridized carbons (Fsp3) is 0.475. The Morgan fingerprint density at radius 1 is 0.477 bits per heavy atom. The number of ether oxygens (including phenoxy) is 3.